The Morgan fingerprint density at radius 1 is 1.64 bits per heavy atom. The zero-order valence-corrected chi connectivity index (χ0v) is 6.75. The van der Waals surface area contributed by atoms with E-state index in [0.29, 0.717) is 0 Å². The highest BCUT2D eigenvalue weighted by molar-refractivity contribution is 5.16. The van der Waals surface area contributed by atoms with E-state index in [1.165, 1.54) is 12.1 Å². The van der Waals surface area contributed by atoms with E-state index in [0.717, 1.165) is 12.8 Å². The van der Waals surface area contributed by atoms with E-state index in [4.69, 9.17) is 5.73 Å². The van der Waals surface area contributed by atoms with E-state index in [1.807, 2.05) is 24.1 Å². The van der Waals surface area contributed by atoms with Gasteiger partial charge in [-0.15, -0.1) is 0 Å². The lowest BCUT2D eigenvalue weighted by molar-refractivity contribution is 0.240. The molecule has 0 spiro atoms. The number of aryl methyl sites for hydroxylation is 1. The maximum atomic E-state index is 6.11. The van der Waals surface area contributed by atoms with Gasteiger partial charge in [-0.05, 0) is 19.3 Å². The monoisotopic (exact) mass is 151 g/mol. The van der Waals surface area contributed by atoms with Crippen molar-refractivity contribution in [3.05, 3.63) is 18.2 Å². The van der Waals surface area contributed by atoms with Crippen molar-refractivity contribution in [2.75, 3.05) is 0 Å². The SMILES string of the molecule is Cn1cncc1C1(N)CCC1. The molecule has 1 aliphatic carbocycles. The lowest BCUT2D eigenvalue weighted by Gasteiger charge is -2.37. The number of imidazole rings is 1. The summed E-state index contributed by atoms with van der Waals surface area (Å²) in [5, 5.41) is 0. The lowest BCUT2D eigenvalue weighted by Crippen LogP contribution is -2.44. The quantitative estimate of drug-likeness (QED) is 0.644. The van der Waals surface area contributed by atoms with Gasteiger partial charge in [-0.2, -0.15) is 0 Å². The van der Waals surface area contributed by atoms with Crippen molar-refractivity contribution >= 4 is 0 Å². The van der Waals surface area contributed by atoms with Crippen molar-refractivity contribution in [1.82, 2.24) is 9.55 Å². The Bertz CT molecular complexity index is 260. The molecule has 1 aromatic heterocycles. The molecule has 0 radical (unpaired) electrons. The van der Waals surface area contributed by atoms with Crippen LogP contribution in [0.25, 0.3) is 0 Å². The van der Waals surface area contributed by atoms with Crippen molar-refractivity contribution in [1.29, 1.82) is 0 Å². The molecule has 2 rings (SSSR count). The third-order valence-corrected chi connectivity index (χ3v) is 2.57. The Kier molecular flexibility index (Phi) is 1.29. The molecule has 3 heteroatoms. The molecular formula is C8H13N3. The first-order chi connectivity index (χ1) is 5.22. The van der Waals surface area contributed by atoms with Crippen LogP contribution in [0, 0.1) is 0 Å². The Hall–Kier alpha value is -0.830. The molecule has 0 amide bonds. The van der Waals surface area contributed by atoms with Gasteiger partial charge in [-0.3, -0.25) is 0 Å². The van der Waals surface area contributed by atoms with E-state index < -0.39 is 0 Å². The van der Waals surface area contributed by atoms with Crippen LogP contribution < -0.4 is 5.73 Å². The maximum Gasteiger partial charge on any atom is 0.0946 e. The zero-order valence-electron chi connectivity index (χ0n) is 6.75. The van der Waals surface area contributed by atoms with Crippen LogP contribution in [0.3, 0.4) is 0 Å². The van der Waals surface area contributed by atoms with Crippen LogP contribution in [0.5, 0.6) is 0 Å². The Morgan fingerprint density at radius 3 is 2.73 bits per heavy atom. The van der Waals surface area contributed by atoms with Crippen LogP contribution in [-0.2, 0) is 12.6 Å². The molecule has 1 heterocycles. The normalized spacial score (nSPS) is 21.3. The molecule has 1 aliphatic rings. The van der Waals surface area contributed by atoms with Gasteiger partial charge in [0, 0.05) is 13.2 Å². The molecule has 0 aliphatic heterocycles. The number of hydrogen-bond donors (Lipinski definition) is 1. The number of nitrogens with zero attached hydrogens (tertiary/aromatic N) is 2. The fourth-order valence-electron chi connectivity index (χ4n) is 1.65. The number of aromatic nitrogens is 2. The summed E-state index contributed by atoms with van der Waals surface area (Å²) in [7, 11) is 2.00. The number of nitrogens with two attached hydrogens (primary N) is 1. The first-order valence-corrected chi connectivity index (χ1v) is 3.98. The maximum absolute atomic E-state index is 6.11. The van der Waals surface area contributed by atoms with Gasteiger partial charge in [0.1, 0.15) is 0 Å². The van der Waals surface area contributed by atoms with Gasteiger partial charge in [-0.25, -0.2) is 4.98 Å². The molecule has 60 valence electrons. The largest absolute Gasteiger partial charge is 0.336 e. The molecule has 1 fully saturated rings. The van der Waals surface area contributed by atoms with Crippen molar-refractivity contribution in [3.63, 3.8) is 0 Å². The average Bonchev–Trinajstić information content (AvgIpc) is 2.30. The van der Waals surface area contributed by atoms with Crippen LogP contribution in [0.15, 0.2) is 12.5 Å². The molecule has 0 bridgehead atoms. The van der Waals surface area contributed by atoms with Crippen molar-refractivity contribution in [3.8, 4) is 0 Å². The minimum absolute atomic E-state index is 0.0642. The summed E-state index contributed by atoms with van der Waals surface area (Å²) in [5.41, 5.74) is 7.21. The van der Waals surface area contributed by atoms with E-state index in [-0.39, 0.29) is 5.54 Å². The predicted molar refractivity (Wildman–Crippen MR) is 42.9 cm³/mol. The van der Waals surface area contributed by atoms with Gasteiger partial charge in [-0.1, -0.05) is 0 Å². The second-order valence-corrected chi connectivity index (χ2v) is 3.40. The zero-order chi connectivity index (χ0) is 7.90. The molecule has 0 saturated heterocycles. The van der Waals surface area contributed by atoms with Gasteiger partial charge in [0.2, 0.25) is 0 Å². The molecular weight excluding hydrogens is 138 g/mol. The summed E-state index contributed by atoms with van der Waals surface area (Å²) >= 11 is 0. The van der Waals surface area contributed by atoms with Crippen molar-refractivity contribution in [2.45, 2.75) is 24.8 Å². The highest BCUT2D eigenvalue weighted by atomic mass is 15.1. The molecule has 0 atom stereocenters. The summed E-state index contributed by atoms with van der Waals surface area (Å²) in [5.74, 6) is 0. The average molecular weight is 151 g/mol. The lowest BCUT2D eigenvalue weighted by atomic mass is 9.75. The van der Waals surface area contributed by atoms with Gasteiger partial charge >= 0.3 is 0 Å². The van der Waals surface area contributed by atoms with Crippen molar-refractivity contribution in [2.24, 2.45) is 12.8 Å². The van der Waals surface area contributed by atoms with Crippen LogP contribution in [-0.4, -0.2) is 9.55 Å². The van der Waals surface area contributed by atoms with E-state index in [2.05, 4.69) is 4.98 Å². The summed E-state index contributed by atoms with van der Waals surface area (Å²) in [6.07, 6.45) is 7.14. The minimum Gasteiger partial charge on any atom is -0.336 e. The first-order valence-electron chi connectivity index (χ1n) is 3.98. The fourth-order valence-corrected chi connectivity index (χ4v) is 1.65. The van der Waals surface area contributed by atoms with E-state index >= 15 is 0 Å². The van der Waals surface area contributed by atoms with Gasteiger partial charge in [0.25, 0.3) is 0 Å². The Labute approximate surface area is 66.2 Å². The van der Waals surface area contributed by atoms with Crippen molar-refractivity contribution < 1.29 is 0 Å². The van der Waals surface area contributed by atoms with Gasteiger partial charge in [0.05, 0.1) is 17.6 Å². The molecule has 1 aromatic rings. The van der Waals surface area contributed by atoms with Crippen LogP contribution in [0.2, 0.25) is 0 Å². The molecule has 0 unspecified atom stereocenters. The molecule has 11 heavy (non-hydrogen) atoms. The summed E-state index contributed by atoms with van der Waals surface area (Å²) in [6, 6.07) is 0. The Morgan fingerprint density at radius 2 is 2.36 bits per heavy atom. The third kappa shape index (κ3) is 0.878. The van der Waals surface area contributed by atoms with Crippen LogP contribution in [0.1, 0.15) is 25.0 Å². The molecule has 2 N–H and O–H groups in total. The highest BCUT2D eigenvalue weighted by Gasteiger charge is 2.36. The topological polar surface area (TPSA) is 43.8 Å². The smallest absolute Gasteiger partial charge is 0.0946 e. The van der Waals surface area contributed by atoms with Crippen LogP contribution in [0.4, 0.5) is 0 Å². The highest BCUT2D eigenvalue weighted by Crippen LogP contribution is 2.37. The van der Waals surface area contributed by atoms with Gasteiger partial charge < -0.3 is 10.3 Å². The fraction of sp³-hybridized carbons (Fsp3) is 0.625. The standard InChI is InChI=1S/C8H13N3/c1-11-6-10-5-7(11)8(9)3-2-4-8/h5-6H,2-4,9H2,1H3. The third-order valence-electron chi connectivity index (χ3n) is 2.57. The van der Waals surface area contributed by atoms with Gasteiger partial charge in [0.15, 0.2) is 0 Å². The molecule has 0 aromatic carbocycles. The summed E-state index contributed by atoms with van der Waals surface area (Å²) in [6.45, 7) is 0. The first kappa shape index (κ1) is 6.85. The van der Waals surface area contributed by atoms with E-state index in [9.17, 15) is 0 Å². The second kappa shape index (κ2) is 2.08. The van der Waals surface area contributed by atoms with E-state index in [1.54, 1.807) is 0 Å². The second-order valence-electron chi connectivity index (χ2n) is 3.40. The summed E-state index contributed by atoms with van der Waals surface area (Å²) < 4.78 is 2.01. The minimum atomic E-state index is -0.0642. The predicted octanol–water partition coefficient (Wildman–Crippen LogP) is 0.758. The Balaban J connectivity index is 2.35. The molecule has 1 saturated carbocycles. The molecule has 3 nitrogen and oxygen atoms in total. The number of hydrogen-bond acceptors (Lipinski definition) is 2. The number of rotatable bonds is 1. The summed E-state index contributed by atoms with van der Waals surface area (Å²) in [4.78, 5) is 4.05. The van der Waals surface area contributed by atoms with Crippen LogP contribution >= 0.6 is 0 Å².